The Kier molecular flexibility index (Phi) is 7.36. The molecule has 0 aromatic carbocycles. The second-order valence-corrected chi connectivity index (χ2v) is 8.57. The van der Waals surface area contributed by atoms with Crippen molar-refractivity contribution in [1.29, 1.82) is 0 Å². The normalized spacial score (nSPS) is 16.8. The quantitative estimate of drug-likeness (QED) is 0.620. The highest BCUT2D eigenvalue weighted by molar-refractivity contribution is 7.99. The minimum Gasteiger partial charge on any atom is -0.376 e. The van der Waals surface area contributed by atoms with E-state index >= 15 is 0 Å². The van der Waals surface area contributed by atoms with Gasteiger partial charge in [-0.05, 0) is 25.7 Å². The number of hydrogen-bond donors (Lipinski definition) is 1. The highest BCUT2D eigenvalue weighted by Crippen LogP contribution is 2.29. The van der Waals surface area contributed by atoms with Gasteiger partial charge in [0, 0.05) is 25.9 Å². The molecule has 0 bridgehead atoms. The first-order valence-electron chi connectivity index (χ1n) is 9.65. The number of nitrogens with zero attached hydrogens (tertiary/aromatic N) is 5. The minimum absolute atomic E-state index is 0.0137. The number of carbonyl (C=O) groups excluding carboxylic acids is 1. The van der Waals surface area contributed by atoms with E-state index in [2.05, 4.69) is 34.5 Å². The Morgan fingerprint density at radius 2 is 2.29 bits per heavy atom. The van der Waals surface area contributed by atoms with Gasteiger partial charge in [-0.2, -0.15) is 5.10 Å². The molecule has 1 aliphatic rings. The molecule has 0 radical (unpaired) electrons. The van der Waals surface area contributed by atoms with Crippen LogP contribution in [0, 0.1) is 5.92 Å². The summed E-state index contributed by atoms with van der Waals surface area (Å²) < 4.78 is 9.55. The summed E-state index contributed by atoms with van der Waals surface area (Å²) >= 11 is 7.76. The molecule has 0 spiro atoms. The molecule has 1 unspecified atom stereocenters. The van der Waals surface area contributed by atoms with Crippen LogP contribution in [0.5, 0.6) is 0 Å². The Morgan fingerprint density at radius 3 is 2.93 bits per heavy atom. The van der Waals surface area contributed by atoms with E-state index in [-0.39, 0.29) is 17.8 Å². The fraction of sp³-hybridized carbons (Fsp3) is 0.667. The molecule has 1 saturated heterocycles. The van der Waals surface area contributed by atoms with Crippen molar-refractivity contribution in [3.8, 4) is 11.5 Å². The van der Waals surface area contributed by atoms with E-state index in [0.717, 1.165) is 26.0 Å². The zero-order chi connectivity index (χ0) is 20.1. The molecule has 154 valence electrons. The number of aryl methyl sites for hydroxylation is 1. The van der Waals surface area contributed by atoms with Gasteiger partial charge in [-0.1, -0.05) is 37.2 Å². The molecular weight excluding hydrogens is 400 g/mol. The van der Waals surface area contributed by atoms with E-state index in [0.29, 0.717) is 40.7 Å². The summed E-state index contributed by atoms with van der Waals surface area (Å²) in [6, 6.07) is 0. The predicted molar refractivity (Wildman–Crippen MR) is 109 cm³/mol. The van der Waals surface area contributed by atoms with Crippen molar-refractivity contribution in [3.63, 3.8) is 0 Å². The maximum Gasteiger partial charge on any atom is 0.230 e. The summed E-state index contributed by atoms with van der Waals surface area (Å²) in [5.41, 5.74) is 0.602. The van der Waals surface area contributed by atoms with Gasteiger partial charge in [0.05, 0.1) is 23.4 Å². The number of rotatable bonds is 9. The van der Waals surface area contributed by atoms with Gasteiger partial charge >= 0.3 is 0 Å². The van der Waals surface area contributed by atoms with Gasteiger partial charge in [0.15, 0.2) is 11.0 Å². The third kappa shape index (κ3) is 5.27. The lowest BCUT2D eigenvalue weighted by Gasteiger charge is -2.14. The number of nitrogens with one attached hydrogen (secondary N) is 1. The minimum atomic E-state index is -0.0137. The Labute approximate surface area is 174 Å². The van der Waals surface area contributed by atoms with Crippen LogP contribution in [0.1, 0.15) is 33.6 Å². The lowest BCUT2D eigenvalue weighted by Crippen LogP contribution is -2.29. The first kappa shape index (κ1) is 21.1. The molecule has 8 nitrogen and oxygen atoms in total. The Morgan fingerprint density at radius 1 is 1.46 bits per heavy atom. The predicted octanol–water partition coefficient (Wildman–Crippen LogP) is 2.86. The average molecular weight is 427 g/mol. The summed E-state index contributed by atoms with van der Waals surface area (Å²) in [5.74, 6) is 1.30. The summed E-state index contributed by atoms with van der Waals surface area (Å²) in [5, 5.41) is 17.3. The molecule has 1 aliphatic heterocycles. The summed E-state index contributed by atoms with van der Waals surface area (Å²) in [4.78, 5) is 12.1. The third-order valence-electron chi connectivity index (χ3n) is 4.42. The van der Waals surface area contributed by atoms with Gasteiger partial charge < -0.3 is 10.1 Å². The second-order valence-electron chi connectivity index (χ2n) is 7.22. The van der Waals surface area contributed by atoms with Crippen molar-refractivity contribution in [2.24, 2.45) is 5.92 Å². The molecule has 1 fully saturated rings. The molecule has 1 atom stereocenters. The lowest BCUT2D eigenvalue weighted by molar-refractivity contribution is -0.118. The van der Waals surface area contributed by atoms with E-state index in [1.54, 1.807) is 10.9 Å². The van der Waals surface area contributed by atoms with Crippen LogP contribution in [0.4, 0.5) is 0 Å². The molecule has 2 aromatic heterocycles. The first-order chi connectivity index (χ1) is 13.5. The van der Waals surface area contributed by atoms with Crippen molar-refractivity contribution >= 4 is 29.3 Å². The third-order valence-corrected chi connectivity index (χ3v) is 5.66. The number of hydrogen-bond acceptors (Lipinski definition) is 6. The molecule has 3 heterocycles. The number of ether oxygens (including phenoxy) is 1. The average Bonchev–Trinajstić information content (AvgIpc) is 3.39. The maximum absolute atomic E-state index is 12.1. The number of amides is 1. The summed E-state index contributed by atoms with van der Waals surface area (Å²) in [7, 11) is 0. The van der Waals surface area contributed by atoms with Gasteiger partial charge in [0.2, 0.25) is 5.91 Å². The topological polar surface area (TPSA) is 86.9 Å². The van der Waals surface area contributed by atoms with Crippen LogP contribution >= 0.6 is 23.4 Å². The Balaban J connectivity index is 1.80. The maximum atomic E-state index is 12.1. The fourth-order valence-corrected chi connectivity index (χ4v) is 3.95. The number of thioether (sulfide) groups is 1. The smallest absolute Gasteiger partial charge is 0.230 e. The van der Waals surface area contributed by atoms with Crippen LogP contribution < -0.4 is 5.32 Å². The van der Waals surface area contributed by atoms with Gasteiger partial charge in [0.25, 0.3) is 0 Å². The van der Waals surface area contributed by atoms with E-state index in [4.69, 9.17) is 16.3 Å². The van der Waals surface area contributed by atoms with Crippen LogP contribution in [0.15, 0.2) is 11.4 Å². The van der Waals surface area contributed by atoms with Gasteiger partial charge in [0.1, 0.15) is 5.69 Å². The molecule has 1 amide bonds. The molecule has 28 heavy (non-hydrogen) atoms. The van der Waals surface area contributed by atoms with E-state index < -0.39 is 0 Å². The number of aromatic nitrogens is 5. The van der Waals surface area contributed by atoms with Crippen LogP contribution in [0.3, 0.4) is 0 Å². The van der Waals surface area contributed by atoms with Crippen molar-refractivity contribution in [2.75, 3.05) is 18.9 Å². The van der Waals surface area contributed by atoms with Crippen LogP contribution in [0.2, 0.25) is 5.02 Å². The largest absolute Gasteiger partial charge is 0.376 e. The number of halogens is 1. The van der Waals surface area contributed by atoms with Crippen molar-refractivity contribution in [2.45, 2.75) is 58.0 Å². The molecule has 3 rings (SSSR count). The first-order valence-corrected chi connectivity index (χ1v) is 11.0. The highest BCUT2D eigenvalue weighted by atomic mass is 35.5. The highest BCUT2D eigenvalue weighted by Gasteiger charge is 2.24. The zero-order valence-corrected chi connectivity index (χ0v) is 18.1. The summed E-state index contributed by atoms with van der Waals surface area (Å²) in [6.45, 7) is 8.91. The SMILES string of the molecule is CCn1cc(Cl)c(-c2nnc(SCC(=O)NCC(C)C)n2CC2CCCO2)n1. The molecular formula is C18H27ClN6O2S. The second kappa shape index (κ2) is 9.76. The Hall–Kier alpha value is -1.58. The van der Waals surface area contributed by atoms with Crippen molar-refractivity contribution in [3.05, 3.63) is 11.2 Å². The standard InChI is InChI=1S/C18H27ClN6O2S/c1-4-24-10-14(19)16(23-24)17-21-22-18(25(17)9-13-6-5-7-27-13)28-11-15(26)20-8-12(2)3/h10,12-13H,4-9,11H2,1-3H3,(H,20,26). The molecule has 10 heteroatoms. The van der Waals surface area contributed by atoms with E-state index in [1.807, 2.05) is 11.5 Å². The zero-order valence-electron chi connectivity index (χ0n) is 16.5. The van der Waals surface area contributed by atoms with Crippen LogP contribution in [0.25, 0.3) is 11.5 Å². The van der Waals surface area contributed by atoms with Crippen molar-refractivity contribution < 1.29 is 9.53 Å². The Bertz CT molecular complexity index is 800. The molecule has 0 aliphatic carbocycles. The number of carbonyl (C=O) groups is 1. The van der Waals surface area contributed by atoms with Gasteiger partial charge in [-0.15, -0.1) is 10.2 Å². The van der Waals surface area contributed by atoms with Gasteiger partial charge in [-0.25, -0.2) is 0 Å². The van der Waals surface area contributed by atoms with Crippen molar-refractivity contribution in [1.82, 2.24) is 29.9 Å². The van der Waals surface area contributed by atoms with E-state index in [1.165, 1.54) is 11.8 Å². The van der Waals surface area contributed by atoms with Crippen LogP contribution in [-0.2, 0) is 22.6 Å². The molecule has 1 N–H and O–H groups in total. The summed E-state index contributed by atoms with van der Waals surface area (Å²) in [6.07, 6.45) is 3.94. The molecule has 0 saturated carbocycles. The van der Waals surface area contributed by atoms with Gasteiger partial charge in [-0.3, -0.25) is 14.0 Å². The fourth-order valence-electron chi connectivity index (χ4n) is 2.94. The monoisotopic (exact) mass is 426 g/mol. The van der Waals surface area contributed by atoms with E-state index in [9.17, 15) is 4.79 Å². The molecule has 2 aromatic rings. The van der Waals surface area contributed by atoms with Crippen LogP contribution in [-0.4, -0.2) is 55.5 Å². The lowest BCUT2D eigenvalue weighted by atomic mass is 10.2.